The lowest BCUT2D eigenvalue weighted by Gasteiger charge is -2.18. The van der Waals surface area contributed by atoms with Gasteiger partial charge in [-0.1, -0.05) is 44.2 Å². The van der Waals surface area contributed by atoms with E-state index in [1.54, 1.807) is 0 Å². The van der Waals surface area contributed by atoms with Crippen molar-refractivity contribution in [3.05, 3.63) is 35.9 Å². The maximum atomic E-state index is 11.8. The smallest absolute Gasteiger partial charge is 0.315 e. The molecule has 3 heteroatoms. The number of amides is 2. The third-order valence-corrected chi connectivity index (χ3v) is 3.60. The summed E-state index contributed by atoms with van der Waals surface area (Å²) < 4.78 is 0. The van der Waals surface area contributed by atoms with Gasteiger partial charge in [0.25, 0.3) is 0 Å². The maximum absolute atomic E-state index is 11.8. The minimum absolute atomic E-state index is 0.0541. The van der Waals surface area contributed by atoms with E-state index in [0.29, 0.717) is 18.0 Å². The summed E-state index contributed by atoms with van der Waals surface area (Å²) >= 11 is 0. The van der Waals surface area contributed by atoms with E-state index in [2.05, 4.69) is 24.5 Å². The number of nitrogens with one attached hydrogen (secondary N) is 2. The van der Waals surface area contributed by atoms with Crippen LogP contribution in [0.1, 0.15) is 38.7 Å². The van der Waals surface area contributed by atoms with Crippen LogP contribution in [0.2, 0.25) is 0 Å². The third-order valence-electron chi connectivity index (χ3n) is 3.60. The zero-order valence-corrected chi connectivity index (χ0v) is 11.2. The van der Waals surface area contributed by atoms with E-state index in [1.807, 2.05) is 30.3 Å². The Morgan fingerprint density at radius 3 is 2.67 bits per heavy atom. The van der Waals surface area contributed by atoms with Gasteiger partial charge in [-0.25, -0.2) is 4.79 Å². The summed E-state index contributed by atoms with van der Waals surface area (Å²) in [4.78, 5) is 11.8. The van der Waals surface area contributed by atoms with E-state index in [1.165, 1.54) is 6.42 Å². The Kier molecular flexibility index (Phi) is 3.90. The minimum Gasteiger partial charge on any atom is -0.335 e. The molecule has 0 bridgehead atoms. The van der Waals surface area contributed by atoms with E-state index >= 15 is 0 Å². The van der Waals surface area contributed by atoms with Gasteiger partial charge >= 0.3 is 6.03 Å². The highest BCUT2D eigenvalue weighted by atomic mass is 16.2. The minimum atomic E-state index is -0.0541. The molecule has 0 aliphatic heterocycles. The van der Waals surface area contributed by atoms with Gasteiger partial charge in [-0.3, -0.25) is 0 Å². The molecule has 1 atom stereocenters. The maximum Gasteiger partial charge on any atom is 0.315 e. The second kappa shape index (κ2) is 5.42. The molecular formula is C15H22N2O. The molecule has 1 unspecified atom stereocenters. The highest BCUT2D eigenvalue weighted by Crippen LogP contribution is 2.36. The fraction of sp³-hybridized carbons (Fsp3) is 0.533. The van der Waals surface area contributed by atoms with Crippen molar-refractivity contribution in [2.24, 2.45) is 5.41 Å². The highest BCUT2D eigenvalue weighted by Gasteiger charge is 2.31. The molecule has 18 heavy (non-hydrogen) atoms. The Labute approximate surface area is 109 Å². The fourth-order valence-corrected chi connectivity index (χ4v) is 2.57. The molecule has 98 valence electrons. The molecule has 0 radical (unpaired) electrons. The Morgan fingerprint density at radius 2 is 2.06 bits per heavy atom. The molecule has 1 aliphatic carbocycles. The predicted octanol–water partition coefficient (Wildman–Crippen LogP) is 3.06. The topological polar surface area (TPSA) is 41.1 Å². The number of hydrogen-bond acceptors (Lipinski definition) is 1. The lowest BCUT2D eigenvalue weighted by Crippen LogP contribution is -2.40. The van der Waals surface area contributed by atoms with Gasteiger partial charge in [-0.05, 0) is 30.2 Å². The van der Waals surface area contributed by atoms with Gasteiger partial charge in [-0.15, -0.1) is 0 Å². The molecule has 0 saturated heterocycles. The van der Waals surface area contributed by atoms with E-state index in [0.717, 1.165) is 18.4 Å². The largest absolute Gasteiger partial charge is 0.335 e. The Hall–Kier alpha value is -1.51. The molecular weight excluding hydrogens is 224 g/mol. The van der Waals surface area contributed by atoms with Crippen LogP contribution in [-0.2, 0) is 6.54 Å². The van der Waals surface area contributed by atoms with Crippen molar-refractivity contribution in [3.63, 3.8) is 0 Å². The van der Waals surface area contributed by atoms with Crippen LogP contribution in [0.4, 0.5) is 4.79 Å². The molecule has 2 rings (SSSR count). The summed E-state index contributed by atoms with van der Waals surface area (Å²) in [5.74, 6) is 0. The van der Waals surface area contributed by atoms with E-state index in [-0.39, 0.29) is 6.03 Å². The second-order valence-corrected chi connectivity index (χ2v) is 5.92. The Morgan fingerprint density at radius 1 is 1.33 bits per heavy atom. The van der Waals surface area contributed by atoms with Gasteiger partial charge in [0.1, 0.15) is 0 Å². The van der Waals surface area contributed by atoms with Gasteiger partial charge in [-0.2, -0.15) is 0 Å². The van der Waals surface area contributed by atoms with Gasteiger partial charge in [0.15, 0.2) is 0 Å². The lowest BCUT2D eigenvalue weighted by atomic mass is 9.92. The normalized spacial score (nSPS) is 21.6. The summed E-state index contributed by atoms with van der Waals surface area (Å²) in [6, 6.07) is 10.2. The molecule has 1 fully saturated rings. The van der Waals surface area contributed by atoms with Crippen LogP contribution in [0, 0.1) is 5.41 Å². The molecule has 1 aliphatic rings. The van der Waals surface area contributed by atoms with Crippen molar-refractivity contribution in [2.45, 2.75) is 45.7 Å². The fourth-order valence-electron chi connectivity index (χ4n) is 2.57. The summed E-state index contributed by atoms with van der Waals surface area (Å²) in [6.07, 6.45) is 3.36. The summed E-state index contributed by atoms with van der Waals surface area (Å²) in [6.45, 7) is 5.11. The SMILES string of the molecule is CC1(C)CCC(NC(=O)NCc2ccccc2)C1. The summed E-state index contributed by atoms with van der Waals surface area (Å²) in [5, 5.41) is 5.96. The Balaban J connectivity index is 1.73. The zero-order chi connectivity index (χ0) is 13.0. The van der Waals surface area contributed by atoms with Crippen molar-refractivity contribution >= 4 is 6.03 Å². The van der Waals surface area contributed by atoms with Crippen LogP contribution in [0.3, 0.4) is 0 Å². The number of hydrogen-bond donors (Lipinski definition) is 2. The van der Waals surface area contributed by atoms with Crippen LogP contribution in [0.5, 0.6) is 0 Å². The number of carbonyl (C=O) groups excluding carboxylic acids is 1. The van der Waals surface area contributed by atoms with Crippen LogP contribution < -0.4 is 10.6 Å². The van der Waals surface area contributed by atoms with Crippen molar-refractivity contribution in [1.29, 1.82) is 0 Å². The number of urea groups is 1. The molecule has 2 amide bonds. The highest BCUT2D eigenvalue weighted by molar-refractivity contribution is 5.74. The van der Waals surface area contributed by atoms with Crippen molar-refractivity contribution in [3.8, 4) is 0 Å². The number of rotatable bonds is 3. The van der Waals surface area contributed by atoms with Gasteiger partial charge < -0.3 is 10.6 Å². The van der Waals surface area contributed by atoms with Gasteiger partial charge in [0.2, 0.25) is 0 Å². The number of carbonyl (C=O) groups is 1. The molecule has 0 spiro atoms. The van der Waals surface area contributed by atoms with E-state index < -0.39 is 0 Å². The van der Waals surface area contributed by atoms with E-state index in [4.69, 9.17) is 0 Å². The zero-order valence-electron chi connectivity index (χ0n) is 11.2. The number of benzene rings is 1. The molecule has 1 aromatic carbocycles. The average Bonchev–Trinajstić information content (AvgIpc) is 2.67. The van der Waals surface area contributed by atoms with Crippen LogP contribution in [0.25, 0.3) is 0 Å². The molecule has 0 heterocycles. The molecule has 0 aromatic heterocycles. The molecule has 1 aromatic rings. The van der Waals surface area contributed by atoms with Crippen LogP contribution in [-0.4, -0.2) is 12.1 Å². The summed E-state index contributed by atoms with van der Waals surface area (Å²) in [7, 11) is 0. The monoisotopic (exact) mass is 246 g/mol. The Bertz CT molecular complexity index is 400. The molecule has 1 saturated carbocycles. The average molecular weight is 246 g/mol. The predicted molar refractivity (Wildman–Crippen MR) is 73.2 cm³/mol. The van der Waals surface area contributed by atoms with Crippen LogP contribution >= 0.6 is 0 Å². The van der Waals surface area contributed by atoms with Gasteiger partial charge in [0.05, 0.1) is 0 Å². The van der Waals surface area contributed by atoms with Crippen LogP contribution in [0.15, 0.2) is 30.3 Å². The molecule has 3 nitrogen and oxygen atoms in total. The first-order valence-corrected chi connectivity index (χ1v) is 6.63. The van der Waals surface area contributed by atoms with Crippen molar-refractivity contribution < 1.29 is 4.79 Å². The summed E-state index contributed by atoms with van der Waals surface area (Å²) in [5.41, 5.74) is 1.50. The van der Waals surface area contributed by atoms with Crippen molar-refractivity contribution in [2.75, 3.05) is 0 Å². The quantitative estimate of drug-likeness (QED) is 0.845. The third kappa shape index (κ3) is 3.76. The second-order valence-electron chi connectivity index (χ2n) is 5.92. The first-order valence-electron chi connectivity index (χ1n) is 6.63. The molecule has 2 N–H and O–H groups in total. The first kappa shape index (κ1) is 12.9. The standard InChI is InChI=1S/C15H22N2O/c1-15(2)9-8-13(10-15)17-14(18)16-11-12-6-4-3-5-7-12/h3-7,13H,8-11H2,1-2H3,(H2,16,17,18). The first-order chi connectivity index (χ1) is 8.55. The van der Waals surface area contributed by atoms with E-state index in [9.17, 15) is 4.79 Å². The van der Waals surface area contributed by atoms with Crippen molar-refractivity contribution in [1.82, 2.24) is 10.6 Å². The lowest BCUT2D eigenvalue weighted by molar-refractivity contribution is 0.235. The van der Waals surface area contributed by atoms with Gasteiger partial charge in [0, 0.05) is 12.6 Å².